The minimum absolute atomic E-state index is 0.0791. The van der Waals surface area contributed by atoms with Crippen LogP contribution in [0.5, 0.6) is 0 Å². The fourth-order valence-corrected chi connectivity index (χ4v) is 1.49. The third kappa shape index (κ3) is 3.49. The number of aryl methyl sites for hydroxylation is 1. The molecule has 0 aliphatic heterocycles. The van der Waals surface area contributed by atoms with Crippen molar-refractivity contribution >= 4 is 23.1 Å². The van der Waals surface area contributed by atoms with E-state index in [9.17, 15) is 9.18 Å². The minimum Gasteiger partial charge on any atom is -0.393 e. The highest BCUT2D eigenvalue weighted by Crippen LogP contribution is 2.13. The van der Waals surface area contributed by atoms with Gasteiger partial charge in [-0.1, -0.05) is 24.4 Å². The van der Waals surface area contributed by atoms with Gasteiger partial charge in [0.1, 0.15) is 5.82 Å². The molecule has 0 heterocycles. The molecule has 17 heavy (non-hydrogen) atoms. The van der Waals surface area contributed by atoms with Crippen molar-refractivity contribution in [3.05, 3.63) is 35.1 Å². The Morgan fingerprint density at radius 2 is 2.18 bits per heavy atom. The van der Waals surface area contributed by atoms with E-state index in [4.69, 9.17) is 18.0 Å². The maximum absolute atomic E-state index is 13.7. The van der Waals surface area contributed by atoms with Crippen molar-refractivity contribution in [2.45, 2.75) is 13.3 Å². The Hall–Kier alpha value is -1.49. The molecular weight excluding hydrogens is 239 g/mol. The summed E-state index contributed by atoms with van der Waals surface area (Å²) in [6.07, 6.45) is 0.436. The molecule has 2 N–H and O–H groups in total. The van der Waals surface area contributed by atoms with Crippen molar-refractivity contribution in [3.8, 4) is 0 Å². The van der Waals surface area contributed by atoms with E-state index in [1.54, 1.807) is 26.1 Å². The van der Waals surface area contributed by atoms with Gasteiger partial charge in [-0.05, 0) is 18.6 Å². The molecule has 0 fully saturated rings. The van der Waals surface area contributed by atoms with Crippen LogP contribution in [0.4, 0.5) is 4.39 Å². The third-order valence-corrected chi connectivity index (χ3v) is 2.67. The summed E-state index contributed by atoms with van der Waals surface area (Å²) in [7, 11) is 1.60. The number of rotatable bonds is 4. The van der Waals surface area contributed by atoms with E-state index in [0.29, 0.717) is 23.5 Å². The predicted octanol–water partition coefficient (Wildman–Crippen LogP) is 1.88. The van der Waals surface area contributed by atoms with Gasteiger partial charge in [0.25, 0.3) is 5.91 Å². The zero-order chi connectivity index (χ0) is 13.0. The molecular formula is C12H15FN2OS. The van der Waals surface area contributed by atoms with E-state index in [0.717, 1.165) is 0 Å². The monoisotopic (exact) mass is 254 g/mol. The van der Waals surface area contributed by atoms with Gasteiger partial charge in [-0.15, -0.1) is 0 Å². The number of carbonyl (C=O) groups excluding carboxylic acids is 1. The second-order valence-electron chi connectivity index (χ2n) is 3.88. The molecule has 0 saturated carbocycles. The quantitative estimate of drug-likeness (QED) is 0.835. The van der Waals surface area contributed by atoms with Crippen LogP contribution in [0.1, 0.15) is 22.3 Å². The van der Waals surface area contributed by atoms with Gasteiger partial charge in [0.05, 0.1) is 10.6 Å². The first kappa shape index (κ1) is 13.6. The van der Waals surface area contributed by atoms with Gasteiger partial charge < -0.3 is 10.6 Å². The first-order valence-electron chi connectivity index (χ1n) is 5.22. The zero-order valence-corrected chi connectivity index (χ0v) is 10.7. The lowest BCUT2D eigenvalue weighted by Gasteiger charge is -2.17. The van der Waals surface area contributed by atoms with Gasteiger partial charge in [0.2, 0.25) is 0 Å². The van der Waals surface area contributed by atoms with E-state index < -0.39 is 5.82 Å². The summed E-state index contributed by atoms with van der Waals surface area (Å²) in [5, 5.41) is 0. The second-order valence-corrected chi connectivity index (χ2v) is 4.40. The molecule has 0 saturated heterocycles. The molecule has 1 amide bonds. The van der Waals surface area contributed by atoms with Crippen molar-refractivity contribution in [2.24, 2.45) is 5.73 Å². The molecule has 1 aromatic carbocycles. The number of nitrogens with zero attached hydrogens (tertiary/aromatic N) is 1. The van der Waals surface area contributed by atoms with Gasteiger partial charge in [-0.2, -0.15) is 0 Å². The molecule has 1 aromatic rings. The van der Waals surface area contributed by atoms with Gasteiger partial charge in [0, 0.05) is 20.0 Å². The topological polar surface area (TPSA) is 46.3 Å². The Balaban J connectivity index is 2.82. The Kier molecular flexibility index (Phi) is 4.57. The number of benzene rings is 1. The smallest absolute Gasteiger partial charge is 0.256 e. The van der Waals surface area contributed by atoms with Crippen molar-refractivity contribution in [3.63, 3.8) is 0 Å². The van der Waals surface area contributed by atoms with Crippen molar-refractivity contribution in [2.75, 3.05) is 13.6 Å². The van der Waals surface area contributed by atoms with Crippen LogP contribution in [0.25, 0.3) is 0 Å². The fourth-order valence-electron chi connectivity index (χ4n) is 1.40. The lowest BCUT2D eigenvalue weighted by molar-refractivity contribution is 0.0794. The molecule has 0 aliphatic rings. The highest BCUT2D eigenvalue weighted by Gasteiger charge is 2.16. The molecule has 0 aliphatic carbocycles. The number of nitrogens with two attached hydrogens (primary N) is 1. The summed E-state index contributed by atoms with van der Waals surface area (Å²) in [5.74, 6) is -0.831. The summed E-state index contributed by atoms with van der Waals surface area (Å²) in [6, 6.07) is 4.76. The van der Waals surface area contributed by atoms with Gasteiger partial charge >= 0.3 is 0 Å². The average Bonchev–Trinajstić information content (AvgIpc) is 2.28. The molecule has 0 aromatic heterocycles. The Morgan fingerprint density at radius 3 is 2.76 bits per heavy atom. The number of hydrogen-bond acceptors (Lipinski definition) is 2. The molecule has 0 unspecified atom stereocenters. The largest absolute Gasteiger partial charge is 0.393 e. The van der Waals surface area contributed by atoms with Crippen LogP contribution in [-0.2, 0) is 0 Å². The number of halogens is 1. The number of amides is 1. The van der Waals surface area contributed by atoms with E-state index in [1.165, 1.54) is 11.0 Å². The first-order chi connectivity index (χ1) is 7.93. The van der Waals surface area contributed by atoms with E-state index in [1.807, 2.05) is 0 Å². The zero-order valence-electron chi connectivity index (χ0n) is 9.87. The Bertz CT molecular complexity index is 448. The molecule has 92 valence electrons. The second kappa shape index (κ2) is 5.72. The van der Waals surface area contributed by atoms with Gasteiger partial charge in [0.15, 0.2) is 0 Å². The summed E-state index contributed by atoms with van der Waals surface area (Å²) in [6.45, 7) is 2.02. The molecule has 0 atom stereocenters. The Labute approximate surface area is 105 Å². The van der Waals surface area contributed by atoms with Crippen LogP contribution >= 0.6 is 12.2 Å². The van der Waals surface area contributed by atoms with Crippen LogP contribution < -0.4 is 5.73 Å². The van der Waals surface area contributed by atoms with E-state index in [2.05, 4.69) is 0 Å². The molecule has 3 nitrogen and oxygen atoms in total. The lowest BCUT2D eigenvalue weighted by Crippen LogP contribution is -2.30. The molecule has 0 bridgehead atoms. The SMILES string of the molecule is Cc1cccc(C(=O)N(C)CCC(N)=S)c1F. The van der Waals surface area contributed by atoms with E-state index >= 15 is 0 Å². The maximum Gasteiger partial charge on any atom is 0.256 e. The fraction of sp³-hybridized carbons (Fsp3) is 0.333. The van der Waals surface area contributed by atoms with Crippen molar-refractivity contribution in [1.29, 1.82) is 0 Å². The summed E-state index contributed by atoms with van der Waals surface area (Å²) >= 11 is 4.73. The standard InChI is InChI=1S/C12H15FN2OS/c1-8-4-3-5-9(11(8)13)12(16)15(2)7-6-10(14)17/h3-5H,6-7H2,1-2H3,(H2,14,17). The summed E-state index contributed by atoms with van der Waals surface area (Å²) in [5.41, 5.74) is 5.89. The summed E-state index contributed by atoms with van der Waals surface area (Å²) in [4.78, 5) is 13.7. The molecule has 1 rings (SSSR count). The van der Waals surface area contributed by atoms with Crippen LogP contribution in [0, 0.1) is 12.7 Å². The van der Waals surface area contributed by atoms with Crippen LogP contribution in [0.2, 0.25) is 0 Å². The lowest BCUT2D eigenvalue weighted by atomic mass is 10.1. The predicted molar refractivity (Wildman–Crippen MR) is 69.5 cm³/mol. The number of thiocarbonyl (C=S) groups is 1. The maximum atomic E-state index is 13.7. The first-order valence-corrected chi connectivity index (χ1v) is 5.63. The number of hydrogen-bond donors (Lipinski definition) is 1. The highest BCUT2D eigenvalue weighted by atomic mass is 32.1. The average molecular weight is 254 g/mol. The van der Waals surface area contributed by atoms with Crippen molar-refractivity contribution < 1.29 is 9.18 Å². The van der Waals surface area contributed by atoms with Gasteiger partial charge in [-0.25, -0.2) is 4.39 Å². The molecule has 0 spiro atoms. The molecule has 0 radical (unpaired) electrons. The highest BCUT2D eigenvalue weighted by molar-refractivity contribution is 7.80. The van der Waals surface area contributed by atoms with Crippen LogP contribution in [0.3, 0.4) is 0 Å². The van der Waals surface area contributed by atoms with Crippen LogP contribution in [-0.4, -0.2) is 29.4 Å². The van der Waals surface area contributed by atoms with E-state index in [-0.39, 0.29) is 11.5 Å². The minimum atomic E-state index is -0.473. The normalized spacial score (nSPS) is 10.1. The van der Waals surface area contributed by atoms with Crippen LogP contribution in [0.15, 0.2) is 18.2 Å². The van der Waals surface area contributed by atoms with Crippen molar-refractivity contribution in [1.82, 2.24) is 4.90 Å². The number of carbonyl (C=O) groups is 1. The third-order valence-electron chi connectivity index (χ3n) is 2.46. The van der Waals surface area contributed by atoms with Gasteiger partial charge in [-0.3, -0.25) is 4.79 Å². The summed E-state index contributed by atoms with van der Waals surface area (Å²) < 4.78 is 13.7. The Morgan fingerprint density at radius 1 is 1.53 bits per heavy atom. The molecule has 5 heteroatoms.